The largest absolute Gasteiger partial charge is 0.207 e. The minimum absolute atomic E-state index is 0.178. The van der Waals surface area contributed by atoms with Crippen molar-refractivity contribution in [3.63, 3.8) is 0 Å². The van der Waals surface area contributed by atoms with Crippen molar-refractivity contribution in [1.82, 2.24) is 0 Å². The fourth-order valence-corrected chi connectivity index (χ4v) is 3.35. The Morgan fingerprint density at radius 1 is 0.762 bits per heavy atom. The van der Waals surface area contributed by atoms with Gasteiger partial charge in [0, 0.05) is 0 Å². The van der Waals surface area contributed by atoms with Crippen LogP contribution in [0.15, 0.2) is 48.5 Å². The first kappa shape index (κ1) is 14.3. The Morgan fingerprint density at radius 3 is 1.95 bits per heavy atom. The highest BCUT2D eigenvalue weighted by molar-refractivity contribution is 5.63. The number of halogens is 1. The summed E-state index contributed by atoms with van der Waals surface area (Å²) in [5.41, 5.74) is 3.66. The van der Waals surface area contributed by atoms with Crippen LogP contribution in [0.5, 0.6) is 0 Å². The van der Waals surface area contributed by atoms with Gasteiger partial charge in [-0.3, -0.25) is 0 Å². The van der Waals surface area contributed by atoms with Crippen LogP contribution in [-0.4, -0.2) is 0 Å². The highest BCUT2D eigenvalue weighted by Gasteiger charge is 2.12. The molecule has 1 fully saturated rings. The molecule has 1 aliphatic rings. The first-order valence-corrected chi connectivity index (χ1v) is 8.16. The Labute approximate surface area is 127 Å². The van der Waals surface area contributed by atoms with E-state index in [0.29, 0.717) is 0 Å². The van der Waals surface area contributed by atoms with Crippen molar-refractivity contribution in [1.29, 1.82) is 0 Å². The molecule has 21 heavy (non-hydrogen) atoms. The van der Waals surface area contributed by atoms with Crippen molar-refractivity contribution in [2.45, 2.75) is 44.9 Å². The van der Waals surface area contributed by atoms with Crippen LogP contribution in [0.2, 0.25) is 0 Å². The lowest BCUT2D eigenvalue weighted by molar-refractivity contribution is 0.339. The van der Waals surface area contributed by atoms with E-state index in [-0.39, 0.29) is 5.82 Å². The van der Waals surface area contributed by atoms with Crippen LogP contribution < -0.4 is 0 Å². The van der Waals surface area contributed by atoms with Crippen LogP contribution in [0.1, 0.15) is 44.1 Å². The van der Waals surface area contributed by atoms with Crippen molar-refractivity contribution in [2.75, 3.05) is 0 Å². The first-order chi connectivity index (χ1) is 10.3. The summed E-state index contributed by atoms with van der Waals surface area (Å²) < 4.78 is 12.9. The van der Waals surface area contributed by atoms with E-state index in [0.717, 1.165) is 17.0 Å². The molecule has 0 N–H and O–H groups in total. The number of hydrogen-bond acceptors (Lipinski definition) is 0. The summed E-state index contributed by atoms with van der Waals surface area (Å²) >= 11 is 0. The van der Waals surface area contributed by atoms with E-state index < -0.39 is 0 Å². The van der Waals surface area contributed by atoms with Crippen molar-refractivity contribution in [3.8, 4) is 11.1 Å². The molecular weight excluding hydrogens is 259 g/mol. The maximum atomic E-state index is 12.9. The molecule has 1 heteroatoms. The summed E-state index contributed by atoms with van der Waals surface area (Å²) in [5, 5.41) is 0. The lowest BCUT2D eigenvalue weighted by Gasteiger charge is -2.21. The molecule has 0 amide bonds. The number of rotatable bonds is 4. The van der Waals surface area contributed by atoms with Gasteiger partial charge >= 0.3 is 0 Å². The molecule has 0 radical (unpaired) electrons. The van der Waals surface area contributed by atoms with Crippen LogP contribution in [0.25, 0.3) is 11.1 Å². The molecule has 0 aromatic heterocycles. The van der Waals surface area contributed by atoms with E-state index in [1.807, 2.05) is 12.1 Å². The third kappa shape index (κ3) is 3.93. The van der Waals surface area contributed by atoms with Gasteiger partial charge in [-0.15, -0.1) is 0 Å². The Bertz CT molecular complexity index is 547. The minimum Gasteiger partial charge on any atom is -0.207 e. The third-order valence-electron chi connectivity index (χ3n) is 4.70. The van der Waals surface area contributed by atoms with Gasteiger partial charge in [0.2, 0.25) is 0 Å². The molecule has 0 heterocycles. The van der Waals surface area contributed by atoms with Gasteiger partial charge < -0.3 is 0 Å². The van der Waals surface area contributed by atoms with Gasteiger partial charge in [-0.2, -0.15) is 0 Å². The SMILES string of the molecule is Fc1ccc(-c2ccc(CCC3CCCCC3)cc2)cc1. The van der Waals surface area contributed by atoms with E-state index in [4.69, 9.17) is 0 Å². The molecule has 3 rings (SSSR count). The molecule has 0 bridgehead atoms. The molecular formula is C20H23F. The summed E-state index contributed by atoms with van der Waals surface area (Å²) in [5.74, 6) is 0.762. The van der Waals surface area contributed by atoms with Crippen molar-refractivity contribution < 1.29 is 4.39 Å². The van der Waals surface area contributed by atoms with E-state index in [2.05, 4.69) is 24.3 Å². The molecule has 2 aromatic rings. The van der Waals surface area contributed by atoms with E-state index >= 15 is 0 Å². The monoisotopic (exact) mass is 282 g/mol. The van der Waals surface area contributed by atoms with Crippen molar-refractivity contribution in [3.05, 3.63) is 59.9 Å². The van der Waals surface area contributed by atoms with E-state index in [1.165, 1.54) is 62.6 Å². The van der Waals surface area contributed by atoms with Gasteiger partial charge in [0.25, 0.3) is 0 Å². The fourth-order valence-electron chi connectivity index (χ4n) is 3.35. The molecule has 1 aliphatic carbocycles. The zero-order chi connectivity index (χ0) is 14.5. The average molecular weight is 282 g/mol. The standard InChI is InChI=1S/C20H23F/c21-20-14-12-19(13-15-20)18-10-8-17(9-11-18)7-6-16-4-2-1-3-5-16/h8-16H,1-7H2. The highest BCUT2D eigenvalue weighted by Crippen LogP contribution is 2.28. The van der Waals surface area contributed by atoms with Crippen molar-refractivity contribution in [2.24, 2.45) is 5.92 Å². The van der Waals surface area contributed by atoms with Crippen LogP contribution in [0, 0.1) is 11.7 Å². The topological polar surface area (TPSA) is 0 Å². The maximum absolute atomic E-state index is 12.9. The quantitative estimate of drug-likeness (QED) is 0.644. The lowest BCUT2D eigenvalue weighted by atomic mass is 9.85. The zero-order valence-corrected chi connectivity index (χ0v) is 12.5. The third-order valence-corrected chi connectivity index (χ3v) is 4.70. The summed E-state index contributed by atoms with van der Waals surface area (Å²) in [6, 6.07) is 15.5. The second-order valence-electron chi connectivity index (χ2n) is 6.25. The Kier molecular flexibility index (Phi) is 4.69. The van der Waals surface area contributed by atoms with Crippen LogP contribution in [0.3, 0.4) is 0 Å². The molecule has 0 atom stereocenters. The Hall–Kier alpha value is -1.63. The van der Waals surface area contributed by atoms with E-state index in [9.17, 15) is 4.39 Å². The summed E-state index contributed by atoms with van der Waals surface area (Å²) in [7, 11) is 0. The smallest absolute Gasteiger partial charge is 0.123 e. The molecule has 2 aromatic carbocycles. The molecule has 0 aliphatic heterocycles. The van der Waals surface area contributed by atoms with Gasteiger partial charge in [-0.25, -0.2) is 4.39 Å². The predicted molar refractivity (Wildman–Crippen MR) is 86.7 cm³/mol. The van der Waals surface area contributed by atoms with Gasteiger partial charge in [-0.05, 0) is 47.6 Å². The molecule has 1 saturated carbocycles. The normalized spacial score (nSPS) is 16.0. The second kappa shape index (κ2) is 6.89. The minimum atomic E-state index is -0.178. The van der Waals surface area contributed by atoms with Gasteiger partial charge in [-0.1, -0.05) is 68.5 Å². The number of benzene rings is 2. The van der Waals surface area contributed by atoms with Crippen LogP contribution in [0.4, 0.5) is 4.39 Å². The highest BCUT2D eigenvalue weighted by atomic mass is 19.1. The number of hydrogen-bond donors (Lipinski definition) is 0. The maximum Gasteiger partial charge on any atom is 0.123 e. The zero-order valence-electron chi connectivity index (χ0n) is 12.5. The molecule has 0 unspecified atom stereocenters. The van der Waals surface area contributed by atoms with Crippen molar-refractivity contribution >= 4 is 0 Å². The number of aryl methyl sites for hydroxylation is 1. The van der Waals surface area contributed by atoms with Gasteiger partial charge in [0.15, 0.2) is 0 Å². The fraction of sp³-hybridized carbons (Fsp3) is 0.400. The first-order valence-electron chi connectivity index (χ1n) is 8.16. The molecule has 0 saturated heterocycles. The van der Waals surface area contributed by atoms with Crippen LogP contribution >= 0.6 is 0 Å². The Balaban J connectivity index is 1.59. The predicted octanol–water partition coefficient (Wildman–Crippen LogP) is 6.01. The molecule has 0 nitrogen and oxygen atoms in total. The van der Waals surface area contributed by atoms with Gasteiger partial charge in [0.1, 0.15) is 5.82 Å². The summed E-state index contributed by atoms with van der Waals surface area (Å²) in [4.78, 5) is 0. The second-order valence-corrected chi connectivity index (χ2v) is 6.25. The summed E-state index contributed by atoms with van der Waals surface area (Å²) in [6.07, 6.45) is 9.65. The van der Waals surface area contributed by atoms with Crippen LogP contribution in [-0.2, 0) is 6.42 Å². The average Bonchev–Trinajstić information content (AvgIpc) is 2.55. The lowest BCUT2D eigenvalue weighted by Crippen LogP contribution is -2.07. The molecule has 110 valence electrons. The Morgan fingerprint density at radius 2 is 1.33 bits per heavy atom. The molecule has 0 spiro atoms. The van der Waals surface area contributed by atoms with Gasteiger partial charge in [0.05, 0.1) is 0 Å². The summed E-state index contributed by atoms with van der Waals surface area (Å²) in [6.45, 7) is 0. The van der Waals surface area contributed by atoms with E-state index in [1.54, 1.807) is 0 Å².